The Balaban J connectivity index is 1.85. The number of carbonyl (C=O) groups excluding carboxylic acids is 1. The van der Waals surface area contributed by atoms with Gasteiger partial charge in [0.05, 0.1) is 34.0 Å². The third kappa shape index (κ3) is 4.11. The Kier molecular flexibility index (Phi) is 5.42. The van der Waals surface area contributed by atoms with E-state index in [1.807, 2.05) is 31.9 Å². The van der Waals surface area contributed by atoms with Crippen LogP contribution in [-0.2, 0) is 11.2 Å². The van der Waals surface area contributed by atoms with Crippen molar-refractivity contribution in [2.24, 2.45) is 11.3 Å². The van der Waals surface area contributed by atoms with Gasteiger partial charge in [-0.1, -0.05) is 34.6 Å². The first-order valence-electron chi connectivity index (χ1n) is 9.34. The SMILES string of the molecule is CC(C)Cc1ncc(-c2cncc([C@H]3CCCN3C(=O)C(C)(C)C)n2)s1. The van der Waals surface area contributed by atoms with Gasteiger partial charge in [0, 0.05) is 24.6 Å². The first kappa shape index (κ1) is 19.0. The van der Waals surface area contributed by atoms with Gasteiger partial charge in [-0.05, 0) is 18.8 Å². The van der Waals surface area contributed by atoms with Crippen molar-refractivity contribution in [2.75, 3.05) is 6.54 Å². The van der Waals surface area contributed by atoms with Crippen molar-refractivity contribution in [1.29, 1.82) is 0 Å². The van der Waals surface area contributed by atoms with Gasteiger partial charge in [0.15, 0.2) is 0 Å². The molecule has 0 aliphatic carbocycles. The number of likely N-dealkylation sites (tertiary alicyclic amines) is 1. The molecule has 0 radical (unpaired) electrons. The lowest BCUT2D eigenvalue weighted by atomic mass is 9.94. The molecule has 0 bridgehead atoms. The van der Waals surface area contributed by atoms with Crippen LogP contribution in [0.25, 0.3) is 10.6 Å². The van der Waals surface area contributed by atoms with E-state index in [2.05, 4.69) is 23.8 Å². The topological polar surface area (TPSA) is 59.0 Å². The normalized spacial score (nSPS) is 17.9. The zero-order valence-electron chi connectivity index (χ0n) is 16.3. The predicted molar refractivity (Wildman–Crippen MR) is 105 cm³/mol. The van der Waals surface area contributed by atoms with Crippen LogP contribution in [0.15, 0.2) is 18.6 Å². The Hall–Kier alpha value is -1.82. The number of carbonyl (C=O) groups is 1. The van der Waals surface area contributed by atoms with E-state index in [1.54, 1.807) is 23.7 Å². The molecule has 0 saturated carbocycles. The van der Waals surface area contributed by atoms with Crippen molar-refractivity contribution in [1.82, 2.24) is 19.9 Å². The molecule has 140 valence electrons. The largest absolute Gasteiger partial charge is 0.334 e. The Labute approximate surface area is 159 Å². The van der Waals surface area contributed by atoms with Crippen LogP contribution in [-0.4, -0.2) is 32.3 Å². The van der Waals surface area contributed by atoms with E-state index in [4.69, 9.17) is 4.98 Å². The van der Waals surface area contributed by atoms with Crippen molar-refractivity contribution in [2.45, 2.75) is 59.9 Å². The summed E-state index contributed by atoms with van der Waals surface area (Å²) in [5.74, 6) is 0.770. The van der Waals surface area contributed by atoms with Crippen molar-refractivity contribution in [3.05, 3.63) is 29.3 Å². The Morgan fingerprint density at radius 2 is 2.08 bits per heavy atom. The predicted octanol–water partition coefficient (Wildman–Crippen LogP) is 4.51. The molecule has 1 aliphatic heterocycles. The summed E-state index contributed by atoms with van der Waals surface area (Å²) >= 11 is 1.68. The molecule has 1 fully saturated rings. The summed E-state index contributed by atoms with van der Waals surface area (Å²) in [7, 11) is 0. The van der Waals surface area contributed by atoms with E-state index in [1.165, 1.54) is 0 Å². The molecule has 6 heteroatoms. The van der Waals surface area contributed by atoms with Gasteiger partial charge < -0.3 is 4.90 Å². The van der Waals surface area contributed by atoms with Gasteiger partial charge in [-0.2, -0.15) is 0 Å². The Bertz CT molecular complexity index is 778. The molecule has 5 nitrogen and oxygen atoms in total. The van der Waals surface area contributed by atoms with Gasteiger partial charge in [0.1, 0.15) is 5.69 Å². The van der Waals surface area contributed by atoms with Crippen LogP contribution >= 0.6 is 11.3 Å². The highest BCUT2D eigenvalue weighted by Crippen LogP contribution is 2.35. The third-order valence-corrected chi connectivity index (χ3v) is 5.58. The maximum absolute atomic E-state index is 12.8. The second-order valence-electron chi connectivity index (χ2n) is 8.45. The van der Waals surface area contributed by atoms with Gasteiger partial charge in [-0.3, -0.25) is 9.78 Å². The zero-order chi connectivity index (χ0) is 18.9. The summed E-state index contributed by atoms with van der Waals surface area (Å²) in [5.41, 5.74) is 1.36. The molecule has 3 heterocycles. The molecular weight excluding hydrogens is 344 g/mol. The zero-order valence-corrected chi connectivity index (χ0v) is 17.1. The van der Waals surface area contributed by atoms with E-state index < -0.39 is 0 Å². The quantitative estimate of drug-likeness (QED) is 0.792. The fourth-order valence-electron chi connectivity index (χ4n) is 3.28. The molecule has 26 heavy (non-hydrogen) atoms. The summed E-state index contributed by atoms with van der Waals surface area (Å²) in [5, 5.41) is 1.13. The molecule has 1 aliphatic rings. The average molecular weight is 373 g/mol. The molecule has 2 aromatic heterocycles. The molecule has 0 N–H and O–H groups in total. The summed E-state index contributed by atoms with van der Waals surface area (Å²) in [4.78, 5) is 29.6. The minimum atomic E-state index is -0.378. The monoisotopic (exact) mass is 372 g/mol. The van der Waals surface area contributed by atoms with Crippen LogP contribution in [0.3, 0.4) is 0 Å². The second-order valence-corrected chi connectivity index (χ2v) is 9.57. The van der Waals surface area contributed by atoms with Crippen molar-refractivity contribution >= 4 is 17.2 Å². The van der Waals surface area contributed by atoms with Crippen LogP contribution in [0.2, 0.25) is 0 Å². The first-order chi connectivity index (χ1) is 12.3. The minimum Gasteiger partial charge on any atom is -0.334 e. The highest BCUT2D eigenvalue weighted by atomic mass is 32.1. The Morgan fingerprint density at radius 3 is 2.77 bits per heavy atom. The highest BCUT2D eigenvalue weighted by molar-refractivity contribution is 7.15. The van der Waals surface area contributed by atoms with Crippen LogP contribution in [0.5, 0.6) is 0 Å². The van der Waals surface area contributed by atoms with E-state index in [9.17, 15) is 4.79 Å². The molecule has 3 rings (SSSR count). The van der Waals surface area contributed by atoms with Crippen molar-refractivity contribution < 1.29 is 4.79 Å². The van der Waals surface area contributed by atoms with E-state index in [0.29, 0.717) is 5.92 Å². The number of aromatic nitrogens is 3. The standard InChI is InChI=1S/C20H28N4OS/c1-13(2)9-18-22-12-17(26-18)15-11-21-10-14(23-15)16-7-6-8-24(16)19(25)20(3,4)5/h10-13,16H,6-9H2,1-5H3/t16-/m1/s1. The van der Waals surface area contributed by atoms with Crippen LogP contribution in [0.4, 0.5) is 0 Å². The summed E-state index contributed by atoms with van der Waals surface area (Å²) < 4.78 is 0. The van der Waals surface area contributed by atoms with E-state index in [-0.39, 0.29) is 17.4 Å². The minimum absolute atomic E-state index is 0.0252. The summed E-state index contributed by atoms with van der Waals surface area (Å²) in [6.07, 6.45) is 8.43. The summed E-state index contributed by atoms with van der Waals surface area (Å²) in [6, 6.07) is 0.0252. The van der Waals surface area contributed by atoms with Gasteiger partial charge in [0.25, 0.3) is 0 Å². The smallest absolute Gasteiger partial charge is 0.228 e. The molecular formula is C20H28N4OS. The highest BCUT2D eigenvalue weighted by Gasteiger charge is 2.36. The number of thiazole rings is 1. The fourth-order valence-corrected chi connectivity index (χ4v) is 4.36. The molecule has 1 atom stereocenters. The average Bonchev–Trinajstić information content (AvgIpc) is 3.22. The van der Waals surface area contributed by atoms with E-state index in [0.717, 1.165) is 47.1 Å². The lowest BCUT2D eigenvalue weighted by molar-refractivity contribution is -0.140. The number of nitrogens with zero attached hydrogens (tertiary/aromatic N) is 4. The van der Waals surface area contributed by atoms with Crippen LogP contribution < -0.4 is 0 Å². The molecule has 1 saturated heterocycles. The van der Waals surface area contributed by atoms with E-state index >= 15 is 0 Å². The Morgan fingerprint density at radius 1 is 1.31 bits per heavy atom. The number of amides is 1. The van der Waals surface area contributed by atoms with Crippen LogP contribution in [0.1, 0.15) is 64.2 Å². The first-order valence-corrected chi connectivity index (χ1v) is 10.2. The number of rotatable bonds is 4. The number of hydrogen-bond acceptors (Lipinski definition) is 5. The van der Waals surface area contributed by atoms with Gasteiger partial charge in [-0.25, -0.2) is 9.97 Å². The molecule has 1 amide bonds. The number of hydrogen-bond donors (Lipinski definition) is 0. The maximum atomic E-state index is 12.8. The lowest BCUT2D eigenvalue weighted by Gasteiger charge is -2.30. The van der Waals surface area contributed by atoms with Crippen LogP contribution in [0, 0.1) is 11.3 Å². The van der Waals surface area contributed by atoms with Crippen molar-refractivity contribution in [3.8, 4) is 10.6 Å². The molecule has 0 unspecified atom stereocenters. The lowest BCUT2D eigenvalue weighted by Crippen LogP contribution is -2.39. The summed E-state index contributed by atoms with van der Waals surface area (Å²) in [6.45, 7) is 11.1. The second kappa shape index (κ2) is 7.43. The molecule has 2 aromatic rings. The molecule has 0 aromatic carbocycles. The van der Waals surface area contributed by atoms with Crippen molar-refractivity contribution in [3.63, 3.8) is 0 Å². The fraction of sp³-hybridized carbons (Fsp3) is 0.600. The third-order valence-electron chi connectivity index (χ3n) is 4.54. The van der Waals surface area contributed by atoms with Gasteiger partial charge >= 0.3 is 0 Å². The maximum Gasteiger partial charge on any atom is 0.228 e. The van der Waals surface area contributed by atoms with Gasteiger partial charge in [-0.15, -0.1) is 11.3 Å². The molecule has 0 spiro atoms. The van der Waals surface area contributed by atoms with Gasteiger partial charge in [0.2, 0.25) is 5.91 Å².